The molecular formula is C18H21N3O8S. The fourth-order valence-corrected chi connectivity index (χ4v) is 3.18. The minimum absolute atomic E-state index is 0.0910. The molecule has 1 aromatic carbocycles. The fourth-order valence-electron chi connectivity index (χ4n) is 2.25. The van der Waals surface area contributed by atoms with Gasteiger partial charge in [-0.2, -0.15) is 0 Å². The number of nitrogens with zero attached hydrogens (tertiary/aromatic N) is 1. The van der Waals surface area contributed by atoms with Gasteiger partial charge in [-0.1, -0.05) is 0 Å². The van der Waals surface area contributed by atoms with E-state index in [1.54, 1.807) is 0 Å². The van der Waals surface area contributed by atoms with E-state index in [1.165, 1.54) is 44.6 Å². The van der Waals surface area contributed by atoms with Crippen LogP contribution >= 0.6 is 0 Å². The first-order chi connectivity index (χ1) is 14.2. The van der Waals surface area contributed by atoms with Crippen molar-refractivity contribution in [3.05, 3.63) is 47.9 Å². The number of anilines is 1. The van der Waals surface area contributed by atoms with E-state index in [-0.39, 0.29) is 35.1 Å². The van der Waals surface area contributed by atoms with E-state index in [0.29, 0.717) is 0 Å². The van der Waals surface area contributed by atoms with E-state index in [9.17, 15) is 22.8 Å². The number of carbonyl (C=O) groups is 3. The summed E-state index contributed by atoms with van der Waals surface area (Å²) in [5.74, 6) is -2.78. The number of amides is 2. The Kier molecular flexibility index (Phi) is 7.69. The van der Waals surface area contributed by atoms with Crippen molar-refractivity contribution in [3.8, 4) is 0 Å². The van der Waals surface area contributed by atoms with Crippen molar-refractivity contribution in [2.75, 3.05) is 39.2 Å². The molecule has 0 aliphatic heterocycles. The molecule has 0 saturated carbocycles. The molecule has 11 nitrogen and oxygen atoms in total. The molecule has 1 aromatic heterocycles. The molecule has 1 heterocycles. The Hall–Kier alpha value is -3.22. The zero-order chi connectivity index (χ0) is 22.3. The molecule has 0 aliphatic rings. The first-order valence-electron chi connectivity index (χ1n) is 8.63. The van der Waals surface area contributed by atoms with Crippen LogP contribution in [0.4, 0.5) is 5.69 Å². The first-order valence-corrected chi connectivity index (χ1v) is 10.1. The van der Waals surface area contributed by atoms with Crippen LogP contribution in [-0.2, 0) is 19.6 Å². The van der Waals surface area contributed by atoms with E-state index >= 15 is 0 Å². The molecule has 0 saturated heterocycles. The van der Waals surface area contributed by atoms with Crippen molar-refractivity contribution < 1.29 is 37.1 Å². The Bertz CT molecular complexity index is 1020. The largest absolute Gasteiger partial charge is 0.459 e. The summed E-state index contributed by atoms with van der Waals surface area (Å²) in [7, 11) is -1.15. The van der Waals surface area contributed by atoms with Crippen molar-refractivity contribution in [2.45, 2.75) is 4.90 Å². The van der Waals surface area contributed by atoms with Gasteiger partial charge in [-0.15, -0.1) is 0 Å². The monoisotopic (exact) mass is 439 g/mol. The SMILES string of the molecule is CN(C)S(=O)(=O)c1ccc(NCCO)c(C(=O)OCC(=O)NC(=O)c2ccco2)c1. The zero-order valence-corrected chi connectivity index (χ0v) is 17.1. The average Bonchev–Trinajstić information content (AvgIpc) is 3.25. The summed E-state index contributed by atoms with van der Waals surface area (Å²) >= 11 is 0. The summed E-state index contributed by atoms with van der Waals surface area (Å²) in [6, 6.07) is 6.56. The van der Waals surface area contributed by atoms with Gasteiger partial charge in [0.25, 0.3) is 11.8 Å². The number of benzene rings is 1. The van der Waals surface area contributed by atoms with E-state index in [0.717, 1.165) is 10.4 Å². The number of carbonyl (C=O) groups excluding carboxylic acids is 3. The zero-order valence-electron chi connectivity index (χ0n) is 16.2. The molecule has 12 heteroatoms. The highest BCUT2D eigenvalue weighted by Gasteiger charge is 2.23. The molecule has 2 amide bonds. The summed E-state index contributed by atoms with van der Waals surface area (Å²) in [6.45, 7) is -0.920. The van der Waals surface area contributed by atoms with Crippen molar-refractivity contribution >= 4 is 33.5 Å². The lowest BCUT2D eigenvalue weighted by molar-refractivity contribution is -0.123. The molecule has 0 radical (unpaired) electrons. The van der Waals surface area contributed by atoms with Gasteiger partial charge in [-0.05, 0) is 30.3 Å². The number of imide groups is 1. The maximum absolute atomic E-state index is 12.5. The predicted molar refractivity (Wildman–Crippen MR) is 104 cm³/mol. The fraction of sp³-hybridized carbons (Fsp3) is 0.278. The van der Waals surface area contributed by atoms with Crippen molar-refractivity contribution in [1.29, 1.82) is 0 Å². The van der Waals surface area contributed by atoms with Crippen LogP contribution in [0.15, 0.2) is 45.9 Å². The van der Waals surface area contributed by atoms with Gasteiger partial charge in [-0.3, -0.25) is 14.9 Å². The number of sulfonamides is 1. The molecular weight excluding hydrogens is 418 g/mol. The maximum Gasteiger partial charge on any atom is 0.340 e. The Morgan fingerprint density at radius 1 is 1.20 bits per heavy atom. The summed E-state index contributed by atoms with van der Waals surface area (Å²) in [5, 5.41) is 13.7. The molecule has 0 bridgehead atoms. The Labute approximate surface area is 172 Å². The quantitative estimate of drug-likeness (QED) is 0.459. The molecule has 2 aromatic rings. The third-order valence-electron chi connectivity index (χ3n) is 3.75. The van der Waals surface area contributed by atoms with Gasteiger partial charge in [0.1, 0.15) is 0 Å². The van der Waals surface area contributed by atoms with Crippen LogP contribution in [0, 0.1) is 0 Å². The number of ether oxygens (including phenoxy) is 1. The second-order valence-corrected chi connectivity index (χ2v) is 8.23. The standard InChI is InChI=1S/C18H21N3O8S/c1-21(2)30(26,27)12-5-6-14(19-7-8-22)13(10-12)18(25)29-11-16(23)20-17(24)15-4-3-9-28-15/h3-6,9-10,19,22H,7-8,11H2,1-2H3,(H,20,23,24). The number of aliphatic hydroxyl groups excluding tert-OH is 1. The van der Waals surface area contributed by atoms with Crippen molar-refractivity contribution in [2.24, 2.45) is 0 Å². The highest BCUT2D eigenvalue weighted by molar-refractivity contribution is 7.89. The number of furan rings is 1. The lowest BCUT2D eigenvalue weighted by Crippen LogP contribution is -2.34. The van der Waals surface area contributed by atoms with Crippen LogP contribution in [0.1, 0.15) is 20.9 Å². The van der Waals surface area contributed by atoms with Crippen LogP contribution in [-0.4, -0.2) is 69.5 Å². The molecule has 0 fully saturated rings. The molecule has 162 valence electrons. The number of nitrogens with one attached hydrogen (secondary N) is 2. The number of esters is 1. The summed E-state index contributed by atoms with van der Waals surface area (Å²) in [4.78, 5) is 35.9. The molecule has 2 rings (SSSR count). The average molecular weight is 439 g/mol. The lowest BCUT2D eigenvalue weighted by atomic mass is 10.2. The van der Waals surface area contributed by atoms with Gasteiger partial charge >= 0.3 is 5.97 Å². The van der Waals surface area contributed by atoms with E-state index in [4.69, 9.17) is 14.3 Å². The Morgan fingerprint density at radius 3 is 2.53 bits per heavy atom. The van der Waals surface area contributed by atoms with Gasteiger partial charge in [0.05, 0.1) is 23.3 Å². The van der Waals surface area contributed by atoms with Crippen molar-refractivity contribution in [3.63, 3.8) is 0 Å². The van der Waals surface area contributed by atoms with Gasteiger partial charge in [-0.25, -0.2) is 17.5 Å². The summed E-state index contributed by atoms with van der Waals surface area (Å²) in [6.07, 6.45) is 1.26. The van der Waals surface area contributed by atoms with E-state index in [1.807, 2.05) is 5.32 Å². The number of hydrogen-bond acceptors (Lipinski definition) is 9. The third-order valence-corrected chi connectivity index (χ3v) is 5.56. The molecule has 0 atom stereocenters. The Balaban J connectivity index is 2.15. The third kappa shape index (κ3) is 5.65. The van der Waals surface area contributed by atoms with Crippen molar-refractivity contribution in [1.82, 2.24) is 9.62 Å². The molecule has 0 aliphatic carbocycles. The summed E-state index contributed by atoms with van der Waals surface area (Å²) in [5.41, 5.74) is 0.0513. The highest BCUT2D eigenvalue weighted by Crippen LogP contribution is 2.23. The molecule has 3 N–H and O–H groups in total. The number of hydrogen-bond donors (Lipinski definition) is 3. The Morgan fingerprint density at radius 2 is 1.93 bits per heavy atom. The smallest absolute Gasteiger partial charge is 0.340 e. The summed E-state index contributed by atoms with van der Waals surface area (Å²) < 4.78 is 35.4. The molecule has 0 spiro atoms. The number of aliphatic hydroxyl groups is 1. The molecule has 30 heavy (non-hydrogen) atoms. The van der Waals surface area contributed by atoms with Gasteiger partial charge in [0.15, 0.2) is 12.4 Å². The maximum atomic E-state index is 12.5. The second kappa shape index (κ2) is 10.0. The minimum atomic E-state index is -3.83. The topological polar surface area (TPSA) is 155 Å². The van der Waals surface area contributed by atoms with Gasteiger partial charge < -0.3 is 19.6 Å². The van der Waals surface area contributed by atoms with Gasteiger partial charge in [0, 0.05) is 26.3 Å². The van der Waals surface area contributed by atoms with Gasteiger partial charge in [0.2, 0.25) is 10.0 Å². The normalized spacial score (nSPS) is 11.2. The minimum Gasteiger partial charge on any atom is -0.459 e. The van der Waals surface area contributed by atoms with Crippen LogP contribution in [0.3, 0.4) is 0 Å². The van der Waals surface area contributed by atoms with Crippen LogP contribution < -0.4 is 10.6 Å². The lowest BCUT2D eigenvalue weighted by Gasteiger charge is -2.15. The number of rotatable bonds is 9. The van der Waals surface area contributed by atoms with E-state index < -0.39 is 34.4 Å². The van der Waals surface area contributed by atoms with Crippen LogP contribution in [0.2, 0.25) is 0 Å². The predicted octanol–water partition coefficient (Wildman–Crippen LogP) is 0.0475. The second-order valence-electron chi connectivity index (χ2n) is 6.08. The highest BCUT2D eigenvalue weighted by atomic mass is 32.2. The van der Waals surface area contributed by atoms with Crippen LogP contribution in [0.5, 0.6) is 0 Å². The van der Waals surface area contributed by atoms with E-state index in [2.05, 4.69) is 5.32 Å². The first kappa shape index (κ1) is 23.1. The van der Waals surface area contributed by atoms with Crippen LogP contribution in [0.25, 0.3) is 0 Å². The molecule has 0 unspecified atom stereocenters.